The molecule has 1 aromatic rings. The van der Waals surface area contributed by atoms with E-state index in [1.807, 2.05) is 12.2 Å². The first-order chi connectivity index (χ1) is 23.7. The molecule has 2 saturated carbocycles. The monoisotopic (exact) mass is 715 g/mol. The van der Waals surface area contributed by atoms with Gasteiger partial charge in [0.05, 0.1) is 31.5 Å². The number of sulfonamides is 1. The number of carbonyl (C=O) groups is 5. The van der Waals surface area contributed by atoms with Gasteiger partial charge in [0.25, 0.3) is 5.91 Å². The number of rotatable bonds is 7. The molecule has 6 rings (SSSR count). The van der Waals surface area contributed by atoms with E-state index in [4.69, 9.17) is 9.47 Å². The third kappa shape index (κ3) is 7.07. The van der Waals surface area contributed by atoms with Gasteiger partial charge in [0.1, 0.15) is 29.5 Å². The second-order valence-corrected chi connectivity index (χ2v) is 15.9. The summed E-state index contributed by atoms with van der Waals surface area (Å²) in [5, 5.41) is 4.62. The van der Waals surface area contributed by atoms with Crippen molar-refractivity contribution in [2.24, 2.45) is 11.8 Å². The molecule has 50 heavy (non-hydrogen) atoms. The van der Waals surface area contributed by atoms with Gasteiger partial charge >= 0.3 is 12.2 Å². The topological polar surface area (TPSA) is 181 Å². The maximum absolute atomic E-state index is 14.8. The lowest BCUT2D eigenvalue weighted by Gasteiger charge is -2.31. The fraction of sp³-hybridized carbons (Fsp3) is 0.559. The number of ether oxygens (including phenoxy) is 2. The molecule has 14 nitrogen and oxygen atoms in total. The van der Waals surface area contributed by atoms with Crippen LogP contribution in [0.3, 0.4) is 0 Å². The molecule has 1 aromatic carbocycles. The van der Waals surface area contributed by atoms with Crippen LogP contribution < -0.4 is 15.4 Å². The van der Waals surface area contributed by atoms with Gasteiger partial charge in [-0.3, -0.25) is 24.0 Å². The van der Waals surface area contributed by atoms with Gasteiger partial charge in [0.15, 0.2) is 0 Å². The SMILES string of the molecule is C=C[C@@H]1C[C@]1(NC(=O)[C@@H]1C[C@@H]2CN1C(=O)[C@H](C(C)C)NC(=O)OCCC/C=C/c1ccc(F)c3c1CN(C3)C(=O)O2)C(=O)NS(=O)(=O)C1CC1. The highest BCUT2D eigenvalue weighted by Gasteiger charge is 2.62. The number of alkyl carbamates (subject to hydrolysis) is 1. The molecule has 3 fully saturated rings. The van der Waals surface area contributed by atoms with Crippen molar-refractivity contribution in [3.05, 3.63) is 53.4 Å². The zero-order chi connectivity index (χ0) is 36.0. The van der Waals surface area contributed by atoms with Crippen LogP contribution in [0.15, 0.2) is 30.9 Å². The van der Waals surface area contributed by atoms with Gasteiger partial charge in [0, 0.05) is 17.9 Å². The first-order valence-electron chi connectivity index (χ1n) is 16.9. The van der Waals surface area contributed by atoms with Crippen LogP contribution in [0.4, 0.5) is 14.0 Å². The molecule has 0 aromatic heterocycles. The highest BCUT2D eigenvalue weighted by Crippen LogP contribution is 2.45. The van der Waals surface area contributed by atoms with Gasteiger partial charge in [-0.05, 0) is 55.2 Å². The van der Waals surface area contributed by atoms with Crippen LogP contribution in [0.2, 0.25) is 0 Å². The molecule has 3 N–H and O–H groups in total. The van der Waals surface area contributed by atoms with E-state index in [-0.39, 0.29) is 39.1 Å². The van der Waals surface area contributed by atoms with E-state index in [2.05, 4.69) is 21.9 Å². The Bertz CT molecular complexity index is 1750. The third-order valence-corrected chi connectivity index (χ3v) is 11.8. The van der Waals surface area contributed by atoms with Gasteiger partial charge in [-0.2, -0.15) is 0 Å². The second kappa shape index (κ2) is 13.7. The Hall–Kier alpha value is -4.47. The van der Waals surface area contributed by atoms with Crippen molar-refractivity contribution in [2.45, 2.75) is 94.4 Å². The van der Waals surface area contributed by atoms with Crippen molar-refractivity contribution in [1.29, 1.82) is 0 Å². The lowest BCUT2D eigenvalue weighted by atomic mass is 10.0. The van der Waals surface area contributed by atoms with Crippen molar-refractivity contribution in [3.63, 3.8) is 0 Å². The minimum Gasteiger partial charge on any atom is -0.450 e. The van der Waals surface area contributed by atoms with Gasteiger partial charge in [-0.25, -0.2) is 22.4 Å². The van der Waals surface area contributed by atoms with E-state index < -0.39 is 86.6 Å². The summed E-state index contributed by atoms with van der Waals surface area (Å²) in [5.74, 6) is -3.76. The molecule has 3 heterocycles. The molecule has 5 aliphatic rings. The number of carbonyl (C=O) groups excluding carboxylic acids is 5. The molecule has 0 spiro atoms. The minimum absolute atomic E-state index is 0.0272. The number of cyclic esters (lactones) is 1. The molecule has 2 aliphatic carbocycles. The summed E-state index contributed by atoms with van der Waals surface area (Å²) in [4.78, 5) is 70.3. The number of hydrogen-bond acceptors (Lipinski definition) is 9. The first-order valence-corrected chi connectivity index (χ1v) is 18.5. The van der Waals surface area contributed by atoms with Crippen molar-refractivity contribution >= 4 is 46.0 Å². The van der Waals surface area contributed by atoms with Gasteiger partial charge < -0.3 is 25.0 Å². The van der Waals surface area contributed by atoms with Crippen LogP contribution >= 0.6 is 0 Å². The lowest BCUT2D eigenvalue weighted by Crippen LogP contribution is -2.59. The number of hydrogen-bond donors (Lipinski definition) is 3. The zero-order valence-electron chi connectivity index (χ0n) is 28.0. The Morgan fingerprint density at radius 1 is 1.16 bits per heavy atom. The Morgan fingerprint density at radius 2 is 1.90 bits per heavy atom. The molecule has 0 radical (unpaired) electrons. The first kappa shape index (κ1) is 35.4. The van der Waals surface area contributed by atoms with E-state index in [0.717, 1.165) is 5.56 Å². The fourth-order valence-electron chi connectivity index (χ4n) is 6.81. The predicted molar refractivity (Wildman–Crippen MR) is 177 cm³/mol. The summed E-state index contributed by atoms with van der Waals surface area (Å²) < 4.78 is 53.3. The van der Waals surface area contributed by atoms with E-state index >= 15 is 0 Å². The standard InChI is InChI=1S/C34H42FN5O9S/c1-4-21-15-34(21,31(43)38-50(46,47)23-10-11-23)37-29(41)27-14-22-16-40(27)30(42)28(19(2)3)36-32(44)48-13-7-5-6-8-20-9-12-26(35)25-18-39(17-24(20)25)33(45)49-22/h4,6,8-9,12,19,21-23,27-28H,1,5,7,10-11,13-18H2,2-3H3,(H,36,44)(H,37,41)(H,38,43)/b8-6+/t21-,22-,27+,28+,34-/m1/s1. The van der Waals surface area contributed by atoms with Gasteiger partial charge in [0.2, 0.25) is 21.8 Å². The summed E-state index contributed by atoms with van der Waals surface area (Å²) in [6, 6.07) is 0.593. The Morgan fingerprint density at radius 3 is 2.58 bits per heavy atom. The highest BCUT2D eigenvalue weighted by molar-refractivity contribution is 7.91. The van der Waals surface area contributed by atoms with E-state index in [0.29, 0.717) is 36.8 Å². The average Bonchev–Trinajstić information content (AvgIpc) is 3.95. The van der Waals surface area contributed by atoms with Crippen LogP contribution in [0, 0.1) is 17.7 Å². The molecular weight excluding hydrogens is 673 g/mol. The Kier molecular flexibility index (Phi) is 9.68. The van der Waals surface area contributed by atoms with Gasteiger partial charge in [-0.1, -0.05) is 38.1 Å². The minimum atomic E-state index is -3.92. The van der Waals surface area contributed by atoms with Crippen LogP contribution in [0.5, 0.6) is 0 Å². The normalized spacial score (nSPS) is 29.2. The number of halogens is 1. The number of allylic oxidation sites excluding steroid dienone is 1. The average molecular weight is 716 g/mol. The molecule has 4 bridgehead atoms. The van der Waals surface area contributed by atoms with Crippen LogP contribution in [0.25, 0.3) is 6.08 Å². The summed E-state index contributed by atoms with van der Waals surface area (Å²) in [6.45, 7) is 7.05. The third-order valence-electron chi connectivity index (χ3n) is 9.98. The quantitative estimate of drug-likeness (QED) is 0.358. The van der Waals surface area contributed by atoms with Crippen LogP contribution in [0.1, 0.15) is 69.1 Å². The van der Waals surface area contributed by atoms with Crippen LogP contribution in [-0.4, -0.2) is 90.3 Å². The molecule has 16 heteroatoms. The smallest absolute Gasteiger partial charge is 0.410 e. The lowest BCUT2D eigenvalue weighted by molar-refractivity contribution is -0.141. The van der Waals surface area contributed by atoms with E-state index in [9.17, 15) is 36.8 Å². The zero-order valence-corrected chi connectivity index (χ0v) is 28.8. The number of fused-ring (bicyclic) bond motifs is 3. The van der Waals surface area contributed by atoms with Gasteiger partial charge in [-0.15, -0.1) is 6.58 Å². The summed E-state index contributed by atoms with van der Waals surface area (Å²) in [5.41, 5.74) is 0.141. The molecule has 3 aliphatic heterocycles. The molecular formula is C34H42FN5O9S. The summed E-state index contributed by atoms with van der Waals surface area (Å²) >= 11 is 0. The largest absolute Gasteiger partial charge is 0.450 e. The number of nitrogens with one attached hydrogen (secondary N) is 3. The molecule has 5 atom stereocenters. The van der Waals surface area contributed by atoms with Crippen LogP contribution in [-0.2, 0) is 47.0 Å². The summed E-state index contributed by atoms with van der Waals surface area (Å²) in [7, 11) is -3.92. The maximum Gasteiger partial charge on any atom is 0.410 e. The molecule has 1 saturated heterocycles. The van der Waals surface area contributed by atoms with Crippen molar-refractivity contribution in [3.8, 4) is 0 Å². The Labute approximate surface area is 289 Å². The van der Waals surface area contributed by atoms with E-state index in [1.54, 1.807) is 19.9 Å². The number of benzene rings is 1. The molecule has 0 unspecified atom stereocenters. The Balaban J connectivity index is 1.27. The van der Waals surface area contributed by atoms with Crippen molar-refractivity contribution in [1.82, 2.24) is 25.2 Å². The predicted octanol–water partition coefficient (Wildman–Crippen LogP) is 2.47. The molecule has 270 valence electrons. The fourth-order valence-corrected chi connectivity index (χ4v) is 8.18. The molecule has 5 amide bonds. The summed E-state index contributed by atoms with van der Waals surface area (Å²) in [6.07, 6.45) is 4.42. The maximum atomic E-state index is 14.8. The number of nitrogens with zero attached hydrogens (tertiary/aromatic N) is 2. The highest BCUT2D eigenvalue weighted by atomic mass is 32.2. The second-order valence-electron chi connectivity index (χ2n) is 13.9. The van der Waals surface area contributed by atoms with E-state index in [1.165, 1.54) is 21.9 Å². The number of amides is 5. The van der Waals surface area contributed by atoms with Crippen molar-refractivity contribution < 1.29 is 46.3 Å². The van der Waals surface area contributed by atoms with Crippen molar-refractivity contribution in [2.75, 3.05) is 13.2 Å².